The fraction of sp³-hybridized carbons (Fsp3) is 0.852. The Balaban J connectivity index is 1.59. The number of nitrogens with zero attached hydrogens (tertiary/aromatic N) is 1. The van der Waals surface area contributed by atoms with E-state index < -0.39 is 0 Å². The van der Waals surface area contributed by atoms with Crippen LogP contribution in [0.5, 0.6) is 0 Å². The van der Waals surface area contributed by atoms with E-state index in [4.69, 9.17) is 4.74 Å². The number of methoxy groups -OCH3 is 1. The summed E-state index contributed by atoms with van der Waals surface area (Å²) >= 11 is 0. The van der Waals surface area contributed by atoms with Gasteiger partial charge in [0, 0.05) is 12.8 Å². The van der Waals surface area contributed by atoms with E-state index in [9.17, 15) is 4.79 Å². The number of allylic oxidation sites excluding steroid dienone is 1. The Bertz CT molecular complexity index is 670. The van der Waals surface area contributed by atoms with Gasteiger partial charge in [-0.3, -0.25) is 9.89 Å². The van der Waals surface area contributed by atoms with Crippen LogP contribution in [0.25, 0.3) is 0 Å². The summed E-state index contributed by atoms with van der Waals surface area (Å²) in [5.41, 5.74) is 2.00. The maximum atomic E-state index is 12.8. The molecule has 0 unspecified atom stereocenters. The lowest BCUT2D eigenvalue weighted by Crippen LogP contribution is -2.59. The van der Waals surface area contributed by atoms with Crippen molar-refractivity contribution in [1.29, 1.82) is 0 Å². The lowest BCUT2D eigenvalue weighted by molar-refractivity contribution is -0.580. The molecule has 0 radical (unpaired) electrons. The molecular formula is C27H48N3O2+. The third kappa shape index (κ3) is 6.51. The van der Waals surface area contributed by atoms with Crippen LogP contribution in [-0.2, 0) is 9.53 Å². The maximum Gasteiger partial charge on any atom is 0.351 e. The number of ether oxygens (including phenoxy) is 1. The first-order valence-electron chi connectivity index (χ1n) is 13.7. The number of guanidine groups is 1. The maximum absolute atomic E-state index is 12.8. The minimum absolute atomic E-state index is 0.141. The van der Waals surface area contributed by atoms with Crippen molar-refractivity contribution >= 4 is 11.9 Å². The second-order valence-corrected chi connectivity index (χ2v) is 10.2. The van der Waals surface area contributed by atoms with E-state index in [2.05, 4.69) is 29.1 Å². The molecule has 0 bridgehead atoms. The Labute approximate surface area is 196 Å². The summed E-state index contributed by atoms with van der Waals surface area (Å²) in [4.78, 5) is 12.8. The summed E-state index contributed by atoms with van der Waals surface area (Å²) < 4.78 is 7.70. The van der Waals surface area contributed by atoms with E-state index in [0.29, 0.717) is 12.1 Å². The molecule has 32 heavy (non-hydrogen) atoms. The Morgan fingerprint density at radius 1 is 0.938 bits per heavy atom. The number of esters is 1. The summed E-state index contributed by atoms with van der Waals surface area (Å²) in [5.74, 6) is 1.02. The van der Waals surface area contributed by atoms with E-state index in [-0.39, 0.29) is 12.0 Å². The first-order chi connectivity index (χ1) is 15.7. The molecular weight excluding hydrogens is 398 g/mol. The van der Waals surface area contributed by atoms with E-state index in [1.165, 1.54) is 97.0 Å². The number of hydrogen-bond donors (Lipinski definition) is 2. The summed E-state index contributed by atoms with van der Waals surface area (Å²) in [5, 5.41) is 7.51. The van der Waals surface area contributed by atoms with Crippen molar-refractivity contribution in [2.75, 3.05) is 7.11 Å². The molecule has 0 aromatic carbocycles. The Morgan fingerprint density at radius 3 is 2.28 bits per heavy atom. The van der Waals surface area contributed by atoms with Crippen molar-refractivity contribution in [3.63, 3.8) is 0 Å². The van der Waals surface area contributed by atoms with Crippen LogP contribution in [0.3, 0.4) is 0 Å². The Kier molecular flexibility index (Phi) is 10.4. The molecule has 0 aromatic rings. The number of hydrogen-bond acceptors (Lipinski definition) is 4. The molecule has 2 N–H and O–H groups in total. The first-order valence-corrected chi connectivity index (χ1v) is 13.7. The molecule has 3 heterocycles. The molecule has 0 spiro atoms. The third-order valence-electron chi connectivity index (χ3n) is 7.68. The van der Waals surface area contributed by atoms with Crippen LogP contribution in [0.15, 0.2) is 11.3 Å². The molecule has 5 nitrogen and oxygen atoms in total. The Morgan fingerprint density at radius 2 is 1.59 bits per heavy atom. The van der Waals surface area contributed by atoms with Crippen molar-refractivity contribution in [2.24, 2.45) is 0 Å². The number of nitrogens with one attached hydrogen (secondary N) is 2. The molecule has 3 rings (SSSR count). The van der Waals surface area contributed by atoms with Gasteiger partial charge in [-0.2, -0.15) is 0 Å². The molecule has 3 atom stereocenters. The van der Waals surface area contributed by atoms with E-state index >= 15 is 0 Å². The second kappa shape index (κ2) is 13.3. The molecule has 0 aromatic heterocycles. The smallest absolute Gasteiger partial charge is 0.351 e. The van der Waals surface area contributed by atoms with Crippen LogP contribution >= 0.6 is 0 Å². The molecule has 0 saturated carbocycles. The summed E-state index contributed by atoms with van der Waals surface area (Å²) in [6.45, 7) is 4.54. The van der Waals surface area contributed by atoms with E-state index in [1.54, 1.807) is 0 Å². The number of rotatable bonds is 15. The van der Waals surface area contributed by atoms with Crippen LogP contribution in [0.1, 0.15) is 123 Å². The minimum Gasteiger partial charge on any atom is -0.465 e. The van der Waals surface area contributed by atoms with Gasteiger partial charge in [-0.05, 0) is 25.7 Å². The molecule has 1 saturated heterocycles. The van der Waals surface area contributed by atoms with Crippen molar-refractivity contribution < 1.29 is 14.1 Å². The standard InChI is InChI=1S/C27H47N3O2/c1-4-6-8-10-11-13-15-17-23-25(26(31)32-3)24-19-18-22-20-21(16-14-12-9-7-5-2)28-27(29-23)30(22)24/h21-22,24H,4-20H2,1-3H3,(H,28,29,31)/p+1/t21-,22+,24-/m0/s1. The first kappa shape index (κ1) is 25.1. The molecule has 0 amide bonds. The van der Waals surface area contributed by atoms with Crippen molar-refractivity contribution in [3.8, 4) is 0 Å². The second-order valence-electron chi connectivity index (χ2n) is 10.2. The molecule has 0 aliphatic carbocycles. The zero-order valence-corrected chi connectivity index (χ0v) is 21.0. The fourth-order valence-corrected chi connectivity index (χ4v) is 5.91. The van der Waals surface area contributed by atoms with Gasteiger partial charge in [-0.1, -0.05) is 84.5 Å². The largest absolute Gasteiger partial charge is 0.465 e. The lowest BCUT2D eigenvalue weighted by Gasteiger charge is -2.34. The van der Waals surface area contributed by atoms with Crippen LogP contribution in [0, 0.1) is 0 Å². The van der Waals surface area contributed by atoms with E-state index in [1.807, 2.05) is 0 Å². The predicted molar refractivity (Wildman–Crippen MR) is 132 cm³/mol. The summed E-state index contributed by atoms with van der Waals surface area (Å²) in [6, 6.07) is 1.28. The van der Waals surface area contributed by atoms with Crippen LogP contribution < -0.4 is 10.6 Å². The highest BCUT2D eigenvalue weighted by Crippen LogP contribution is 2.35. The molecule has 3 aliphatic heterocycles. The van der Waals surface area contributed by atoms with Crippen molar-refractivity contribution in [1.82, 2.24) is 10.6 Å². The van der Waals surface area contributed by atoms with Gasteiger partial charge in [0.2, 0.25) is 0 Å². The van der Waals surface area contributed by atoms with Gasteiger partial charge in [0.15, 0.2) is 0 Å². The van der Waals surface area contributed by atoms with E-state index in [0.717, 1.165) is 36.5 Å². The molecule has 3 aliphatic rings. The third-order valence-corrected chi connectivity index (χ3v) is 7.68. The number of carbonyl (C=O) groups excluding carboxylic acids is 1. The number of carbonyl (C=O) groups is 1. The number of unbranched alkanes of at least 4 members (excludes halogenated alkanes) is 10. The average Bonchev–Trinajstić information content (AvgIpc) is 3.22. The van der Waals surface area contributed by atoms with Gasteiger partial charge < -0.3 is 4.74 Å². The normalized spacial score (nSPS) is 24.3. The van der Waals surface area contributed by atoms with Gasteiger partial charge in [-0.15, -0.1) is 0 Å². The zero-order valence-electron chi connectivity index (χ0n) is 21.0. The molecule has 182 valence electrons. The minimum atomic E-state index is -0.141. The molecule has 5 heteroatoms. The van der Waals surface area contributed by atoms with Gasteiger partial charge in [0.05, 0.1) is 24.9 Å². The fourth-order valence-electron chi connectivity index (χ4n) is 5.91. The summed E-state index contributed by atoms with van der Waals surface area (Å²) in [7, 11) is 1.52. The lowest BCUT2D eigenvalue weighted by atomic mass is 9.97. The summed E-state index contributed by atoms with van der Waals surface area (Å²) in [6.07, 6.45) is 21.3. The van der Waals surface area contributed by atoms with Crippen LogP contribution in [0.2, 0.25) is 0 Å². The average molecular weight is 447 g/mol. The quantitative estimate of drug-likeness (QED) is 0.190. The highest BCUT2D eigenvalue weighted by Gasteiger charge is 2.48. The Hall–Kier alpha value is -1.52. The highest BCUT2D eigenvalue weighted by atomic mass is 16.5. The van der Waals surface area contributed by atoms with Gasteiger partial charge >= 0.3 is 11.9 Å². The van der Waals surface area contributed by atoms with Gasteiger partial charge in [0.1, 0.15) is 11.6 Å². The molecule has 1 fully saturated rings. The highest BCUT2D eigenvalue weighted by molar-refractivity contribution is 5.93. The topological polar surface area (TPSA) is 53.4 Å². The van der Waals surface area contributed by atoms with Crippen molar-refractivity contribution in [2.45, 2.75) is 141 Å². The SMILES string of the molecule is CCCCCCCCCC1=C(C(=O)OC)[C@@H]2CC[C@@H]3C[C@H](CCCCCCC)NC(=[N+]32)N1. The van der Waals surface area contributed by atoms with Gasteiger partial charge in [0.25, 0.3) is 0 Å². The van der Waals surface area contributed by atoms with Crippen LogP contribution in [0.4, 0.5) is 0 Å². The van der Waals surface area contributed by atoms with Crippen LogP contribution in [-0.4, -0.2) is 41.7 Å². The predicted octanol–water partition coefficient (Wildman–Crippen LogP) is 5.78. The monoisotopic (exact) mass is 446 g/mol. The van der Waals surface area contributed by atoms with Crippen molar-refractivity contribution in [3.05, 3.63) is 11.3 Å². The van der Waals surface area contributed by atoms with Gasteiger partial charge in [-0.25, -0.2) is 10.1 Å². The zero-order chi connectivity index (χ0) is 22.8.